The fraction of sp³-hybridized carbons (Fsp3) is 0.467. The highest BCUT2D eigenvalue weighted by Gasteiger charge is 2.23. The first-order valence-corrected chi connectivity index (χ1v) is 7.21. The van der Waals surface area contributed by atoms with E-state index < -0.39 is 5.97 Å². The van der Waals surface area contributed by atoms with Gasteiger partial charge in [0.1, 0.15) is 0 Å². The quantitative estimate of drug-likeness (QED) is 0.878. The molecule has 116 valence electrons. The van der Waals surface area contributed by atoms with E-state index in [-0.39, 0.29) is 18.5 Å². The van der Waals surface area contributed by atoms with Gasteiger partial charge in [0, 0.05) is 31.2 Å². The number of carboxylic acid groups (broad SMARTS) is 1. The van der Waals surface area contributed by atoms with Crippen LogP contribution in [0.5, 0.6) is 0 Å². The van der Waals surface area contributed by atoms with Gasteiger partial charge >= 0.3 is 12.0 Å². The van der Waals surface area contributed by atoms with Crippen LogP contribution in [0.25, 0.3) is 0 Å². The number of rotatable bonds is 6. The van der Waals surface area contributed by atoms with Crippen molar-refractivity contribution in [3.63, 3.8) is 0 Å². The molecule has 0 heterocycles. The summed E-state index contributed by atoms with van der Waals surface area (Å²) in [4.78, 5) is 26.3. The third-order valence-electron chi connectivity index (χ3n) is 3.22. The minimum absolute atomic E-state index is 0.0649. The predicted octanol–water partition coefficient (Wildman–Crippen LogP) is 3.08. The molecule has 0 aliphatic carbocycles. The molecule has 0 spiro atoms. The van der Waals surface area contributed by atoms with Crippen molar-refractivity contribution >= 4 is 23.6 Å². The molecule has 5 nitrogen and oxygen atoms in total. The van der Waals surface area contributed by atoms with Crippen molar-refractivity contribution in [2.24, 2.45) is 0 Å². The van der Waals surface area contributed by atoms with E-state index in [0.29, 0.717) is 18.1 Å². The maximum absolute atomic E-state index is 12.4. The Hall–Kier alpha value is -1.75. The maximum Gasteiger partial charge on any atom is 0.320 e. The molecule has 0 bridgehead atoms. The van der Waals surface area contributed by atoms with Crippen molar-refractivity contribution in [3.05, 3.63) is 34.9 Å². The number of benzene rings is 1. The van der Waals surface area contributed by atoms with Gasteiger partial charge in [0.15, 0.2) is 0 Å². The zero-order chi connectivity index (χ0) is 16.0. The summed E-state index contributed by atoms with van der Waals surface area (Å²) in [5, 5.41) is 9.47. The lowest BCUT2D eigenvalue weighted by atomic mass is 10.2. The van der Waals surface area contributed by atoms with Crippen LogP contribution in [0.15, 0.2) is 24.3 Å². The van der Waals surface area contributed by atoms with Gasteiger partial charge in [-0.1, -0.05) is 23.7 Å². The highest BCUT2D eigenvalue weighted by molar-refractivity contribution is 6.30. The second-order valence-corrected chi connectivity index (χ2v) is 5.44. The number of aliphatic carboxylic acids is 1. The van der Waals surface area contributed by atoms with E-state index in [0.717, 1.165) is 5.56 Å². The normalized spacial score (nSPS) is 11.8. The molecular formula is C15H21ClN2O3. The van der Waals surface area contributed by atoms with Gasteiger partial charge in [0.05, 0.1) is 6.42 Å². The second kappa shape index (κ2) is 7.88. The van der Waals surface area contributed by atoms with Crippen LogP contribution < -0.4 is 0 Å². The van der Waals surface area contributed by atoms with Gasteiger partial charge in [-0.05, 0) is 31.5 Å². The number of carbonyl (C=O) groups is 2. The van der Waals surface area contributed by atoms with Gasteiger partial charge in [0.2, 0.25) is 0 Å². The lowest BCUT2D eigenvalue weighted by molar-refractivity contribution is -0.138. The molecule has 0 aliphatic heterocycles. The van der Waals surface area contributed by atoms with Crippen LogP contribution >= 0.6 is 11.6 Å². The van der Waals surface area contributed by atoms with Crippen LogP contribution in [-0.4, -0.2) is 46.5 Å². The van der Waals surface area contributed by atoms with Gasteiger partial charge in [-0.25, -0.2) is 4.79 Å². The molecule has 0 aromatic heterocycles. The van der Waals surface area contributed by atoms with Crippen molar-refractivity contribution in [2.75, 3.05) is 13.6 Å². The highest BCUT2D eigenvalue weighted by Crippen LogP contribution is 2.14. The average Bonchev–Trinajstić information content (AvgIpc) is 2.38. The van der Waals surface area contributed by atoms with Crippen LogP contribution in [0.4, 0.5) is 4.79 Å². The Bertz CT molecular complexity index is 507. The minimum Gasteiger partial charge on any atom is -0.481 e. The fourth-order valence-corrected chi connectivity index (χ4v) is 2.41. The summed E-state index contributed by atoms with van der Waals surface area (Å²) in [6.07, 6.45) is -0.0649. The Morgan fingerprint density at radius 2 is 2.05 bits per heavy atom. The second-order valence-electron chi connectivity index (χ2n) is 5.00. The first kappa shape index (κ1) is 17.3. The molecule has 1 N–H and O–H groups in total. The number of hydrogen-bond donors (Lipinski definition) is 1. The van der Waals surface area contributed by atoms with Crippen molar-refractivity contribution in [3.8, 4) is 0 Å². The van der Waals surface area contributed by atoms with E-state index in [4.69, 9.17) is 16.7 Å². The predicted molar refractivity (Wildman–Crippen MR) is 82.4 cm³/mol. The van der Waals surface area contributed by atoms with Crippen LogP contribution in [0.1, 0.15) is 25.8 Å². The summed E-state index contributed by atoms with van der Waals surface area (Å²) in [6, 6.07) is 6.78. The molecule has 0 saturated heterocycles. The SMILES string of the molecule is CCN(C(=O)N(C)Cc1cccc(Cl)c1)C(C)CC(=O)O. The third kappa shape index (κ3) is 5.27. The number of carbonyl (C=O) groups excluding carboxylic acids is 1. The highest BCUT2D eigenvalue weighted by atomic mass is 35.5. The molecule has 0 saturated carbocycles. The Kier molecular flexibility index (Phi) is 6.49. The molecule has 6 heteroatoms. The molecule has 2 amide bonds. The molecule has 1 aromatic rings. The van der Waals surface area contributed by atoms with Crippen molar-refractivity contribution in [1.82, 2.24) is 9.80 Å². The van der Waals surface area contributed by atoms with Crippen LogP contribution in [0.2, 0.25) is 5.02 Å². The fourth-order valence-electron chi connectivity index (χ4n) is 2.19. The number of urea groups is 1. The van der Waals surface area contributed by atoms with E-state index in [1.54, 1.807) is 29.8 Å². The standard InChI is InChI=1S/C15H21ClN2O3/c1-4-18(11(2)8-14(19)20)15(21)17(3)10-12-6-5-7-13(16)9-12/h5-7,9,11H,4,8,10H2,1-3H3,(H,19,20). The lowest BCUT2D eigenvalue weighted by Crippen LogP contribution is -2.46. The zero-order valence-electron chi connectivity index (χ0n) is 12.5. The molecule has 1 atom stereocenters. The molecule has 0 fully saturated rings. The van der Waals surface area contributed by atoms with Crippen LogP contribution in [0, 0.1) is 0 Å². The molecule has 0 aliphatic rings. The molecule has 0 radical (unpaired) electrons. The number of amides is 2. The molecule has 1 rings (SSSR count). The first-order valence-electron chi connectivity index (χ1n) is 6.83. The lowest BCUT2D eigenvalue weighted by Gasteiger charge is -2.31. The largest absolute Gasteiger partial charge is 0.481 e. The summed E-state index contributed by atoms with van der Waals surface area (Å²) in [6.45, 7) is 4.47. The number of nitrogens with zero attached hydrogens (tertiary/aromatic N) is 2. The van der Waals surface area contributed by atoms with Crippen molar-refractivity contribution in [2.45, 2.75) is 32.9 Å². The minimum atomic E-state index is -0.911. The summed E-state index contributed by atoms with van der Waals surface area (Å²) in [7, 11) is 1.69. The molecular weight excluding hydrogens is 292 g/mol. The zero-order valence-corrected chi connectivity index (χ0v) is 13.3. The van der Waals surface area contributed by atoms with E-state index in [2.05, 4.69) is 0 Å². The van der Waals surface area contributed by atoms with E-state index in [9.17, 15) is 9.59 Å². The van der Waals surface area contributed by atoms with Crippen LogP contribution in [0.3, 0.4) is 0 Å². The van der Waals surface area contributed by atoms with Gasteiger partial charge in [-0.2, -0.15) is 0 Å². The Balaban J connectivity index is 2.73. The number of hydrogen-bond acceptors (Lipinski definition) is 2. The summed E-state index contributed by atoms with van der Waals surface area (Å²) in [5.41, 5.74) is 0.931. The topological polar surface area (TPSA) is 60.9 Å². The van der Waals surface area contributed by atoms with Gasteiger partial charge in [-0.3, -0.25) is 4.79 Å². The number of carboxylic acids is 1. The van der Waals surface area contributed by atoms with E-state index >= 15 is 0 Å². The van der Waals surface area contributed by atoms with Gasteiger partial charge in [0.25, 0.3) is 0 Å². The Labute approximate surface area is 130 Å². The Morgan fingerprint density at radius 1 is 1.38 bits per heavy atom. The van der Waals surface area contributed by atoms with Crippen molar-refractivity contribution < 1.29 is 14.7 Å². The maximum atomic E-state index is 12.4. The molecule has 1 unspecified atom stereocenters. The monoisotopic (exact) mass is 312 g/mol. The molecule has 1 aromatic carbocycles. The van der Waals surface area contributed by atoms with E-state index in [1.807, 2.05) is 25.1 Å². The Morgan fingerprint density at radius 3 is 2.57 bits per heavy atom. The average molecular weight is 313 g/mol. The first-order chi connectivity index (χ1) is 9.85. The van der Waals surface area contributed by atoms with Crippen LogP contribution in [-0.2, 0) is 11.3 Å². The molecule has 21 heavy (non-hydrogen) atoms. The number of halogens is 1. The third-order valence-corrected chi connectivity index (χ3v) is 3.46. The summed E-state index contributed by atoms with van der Waals surface area (Å²) in [5.74, 6) is -0.911. The summed E-state index contributed by atoms with van der Waals surface area (Å²) < 4.78 is 0. The van der Waals surface area contributed by atoms with Crippen molar-refractivity contribution in [1.29, 1.82) is 0 Å². The summed E-state index contributed by atoms with van der Waals surface area (Å²) >= 11 is 5.93. The smallest absolute Gasteiger partial charge is 0.320 e. The van der Waals surface area contributed by atoms with Gasteiger partial charge in [-0.15, -0.1) is 0 Å². The van der Waals surface area contributed by atoms with E-state index in [1.165, 1.54) is 0 Å². The van der Waals surface area contributed by atoms with Gasteiger partial charge < -0.3 is 14.9 Å².